The molecule has 0 unspecified atom stereocenters. The van der Waals surface area contributed by atoms with Crippen LogP contribution in [0.25, 0.3) is 11.1 Å². The molecule has 0 heterocycles. The summed E-state index contributed by atoms with van der Waals surface area (Å²) >= 11 is 0. The van der Waals surface area contributed by atoms with Crippen molar-refractivity contribution < 1.29 is 35.5 Å². The van der Waals surface area contributed by atoms with E-state index in [-0.39, 0.29) is 17.8 Å². The summed E-state index contributed by atoms with van der Waals surface area (Å²) in [6.07, 6.45) is -3.80. The Hall–Kier alpha value is -3.40. The molecule has 3 aromatic carbocycles. The van der Waals surface area contributed by atoms with Crippen LogP contribution in [0.4, 0.5) is 23.2 Å². The summed E-state index contributed by atoms with van der Waals surface area (Å²) < 4.78 is 84.4. The number of nitrogens with zero attached hydrogens (tertiary/aromatic N) is 1. The van der Waals surface area contributed by atoms with Gasteiger partial charge in [-0.3, -0.25) is 4.31 Å². The summed E-state index contributed by atoms with van der Waals surface area (Å²) in [4.78, 5) is 12.2. The van der Waals surface area contributed by atoms with Crippen molar-refractivity contribution in [3.8, 4) is 11.1 Å². The van der Waals surface area contributed by atoms with E-state index in [2.05, 4.69) is 0 Å². The molecule has 0 fully saturated rings. The molecule has 5 nitrogen and oxygen atoms in total. The second kappa shape index (κ2) is 9.93. The minimum absolute atomic E-state index is 0.0712. The SMILES string of the molecule is CC(C)(C)OC(=O)c1ccc(CN(c2cccc(-c3ccc(C(F)(F)F)c(F)c3)c2)S(C)(=O)=O)cc1. The molecule has 0 amide bonds. The highest BCUT2D eigenvalue weighted by Crippen LogP contribution is 2.34. The third-order valence-electron chi connectivity index (χ3n) is 5.06. The lowest BCUT2D eigenvalue weighted by molar-refractivity contribution is -0.139. The maximum Gasteiger partial charge on any atom is 0.419 e. The Balaban J connectivity index is 1.90. The first-order valence-electron chi connectivity index (χ1n) is 10.8. The number of alkyl halides is 3. The minimum atomic E-state index is -4.82. The van der Waals surface area contributed by atoms with Crippen LogP contribution in [0.5, 0.6) is 0 Å². The van der Waals surface area contributed by atoms with Crippen molar-refractivity contribution in [1.82, 2.24) is 0 Å². The van der Waals surface area contributed by atoms with E-state index in [1.807, 2.05) is 0 Å². The summed E-state index contributed by atoms with van der Waals surface area (Å²) in [6.45, 7) is 5.17. The van der Waals surface area contributed by atoms with E-state index < -0.39 is 39.2 Å². The van der Waals surface area contributed by atoms with E-state index in [0.29, 0.717) is 22.8 Å². The first-order valence-corrected chi connectivity index (χ1v) is 12.7. The molecule has 0 radical (unpaired) electrons. The van der Waals surface area contributed by atoms with Crippen molar-refractivity contribution in [2.75, 3.05) is 10.6 Å². The molecule has 3 aromatic rings. The number of halogens is 4. The maximum atomic E-state index is 14.1. The van der Waals surface area contributed by atoms with Gasteiger partial charge in [-0.15, -0.1) is 0 Å². The molecule has 0 aliphatic carbocycles. The van der Waals surface area contributed by atoms with E-state index in [1.54, 1.807) is 39.0 Å². The smallest absolute Gasteiger partial charge is 0.419 e. The predicted molar refractivity (Wildman–Crippen MR) is 129 cm³/mol. The largest absolute Gasteiger partial charge is 0.456 e. The lowest BCUT2D eigenvalue weighted by Gasteiger charge is -2.23. The van der Waals surface area contributed by atoms with Crippen molar-refractivity contribution in [3.63, 3.8) is 0 Å². The van der Waals surface area contributed by atoms with Crippen LogP contribution >= 0.6 is 0 Å². The molecule has 3 rings (SSSR count). The summed E-state index contributed by atoms with van der Waals surface area (Å²) in [5.74, 6) is -1.93. The fraction of sp³-hybridized carbons (Fsp3) is 0.269. The number of benzene rings is 3. The fourth-order valence-corrected chi connectivity index (χ4v) is 4.29. The van der Waals surface area contributed by atoms with Gasteiger partial charge in [0.1, 0.15) is 11.4 Å². The first-order chi connectivity index (χ1) is 16.5. The number of ether oxygens (including phenoxy) is 1. The van der Waals surface area contributed by atoms with Gasteiger partial charge in [0.2, 0.25) is 10.0 Å². The number of rotatable bonds is 6. The minimum Gasteiger partial charge on any atom is -0.456 e. The molecule has 36 heavy (non-hydrogen) atoms. The monoisotopic (exact) mass is 523 g/mol. The highest BCUT2D eigenvalue weighted by Gasteiger charge is 2.34. The highest BCUT2D eigenvalue weighted by atomic mass is 32.2. The van der Waals surface area contributed by atoms with Crippen LogP contribution in [0.3, 0.4) is 0 Å². The molecule has 0 saturated carbocycles. The predicted octanol–water partition coefficient (Wildman–Crippen LogP) is 6.43. The second-order valence-electron chi connectivity index (χ2n) is 9.21. The molecule has 0 aliphatic heterocycles. The van der Waals surface area contributed by atoms with Crippen LogP contribution in [0.15, 0.2) is 66.7 Å². The Morgan fingerprint density at radius 1 is 0.917 bits per heavy atom. The summed E-state index contributed by atoms with van der Waals surface area (Å²) in [7, 11) is -3.78. The molecule has 0 saturated heterocycles. The van der Waals surface area contributed by atoms with Crippen molar-refractivity contribution in [1.29, 1.82) is 0 Å². The summed E-state index contributed by atoms with van der Waals surface area (Å²) in [5.41, 5.74) is -0.401. The topological polar surface area (TPSA) is 63.7 Å². The lowest BCUT2D eigenvalue weighted by atomic mass is 10.0. The van der Waals surface area contributed by atoms with E-state index in [1.165, 1.54) is 30.3 Å². The molecule has 0 aromatic heterocycles. The molecule has 0 atom stereocenters. The lowest BCUT2D eigenvalue weighted by Crippen LogP contribution is -2.29. The van der Waals surface area contributed by atoms with Crippen LogP contribution < -0.4 is 4.31 Å². The van der Waals surface area contributed by atoms with Crippen molar-refractivity contribution in [2.45, 2.75) is 39.1 Å². The average molecular weight is 524 g/mol. The Labute approximate surface area is 207 Å². The number of anilines is 1. The summed E-state index contributed by atoms with van der Waals surface area (Å²) in [6, 6.07) is 14.9. The molecule has 0 aliphatic rings. The Kier molecular flexibility index (Phi) is 7.50. The van der Waals surface area contributed by atoms with Gasteiger partial charge in [-0.05, 0) is 73.9 Å². The number of sulfonamides is 1. The number of hydrogen-bond acceptors (Lipinski definition) is 4. The van der Waals surface area contributed by atoms with Gasteiger partial charge in [-0.2, -0.15) is 13.2 Å². The van der Waals surface area contributed by atoms with Gasteiger partial charge in [0, 0.05) is 0 Å². The average Bonchev–Trinajstić information content (AvgIpc) is 2.75. The van der Waals surface area contributed by atoms with Crippen LogP contribution in [-0.4, -0.2) is 26.2 Å². The van der Waals surface area contributed by atoms with Crippen LogP contribution in [0.1, 0.15) is 42.3 Å². The fourth-order valence-electron chi connectivity index (χ4n) is 3.41. The standard InChI is InChI=1S/C26H25F4NO4S/c1-25(2,3)35-24(32)18-10-8-17(9-11-18)16-31(36(4,33)34)21-7-5-6-19(14-21)20-12-13-22(23(27)15-20)26(28,29)30/h5-15H,16H2,1-4H3. The number of carbonyl (C=O) groups excluding carboxylic acids is 1. The number of esters is 1. The number of hydrogen-bond donors (Lipinski definition) is 0. The molecular weight excluding hydrogens is 498 g/mol. The van der Waals surface area contributed by atoms with Gasteiger partial charge in [-0.1, -0.05) is 30.3 Å². The molecule has 10 heteroatoms. The van der Waals surface area contributed by atoms with E-state index in [4.69, 9.17) is 4.74 Å². The van der Waals surface area contributed by atoms with Crippen molar-refractivity contribution in [3.05, 3.63) is 89.2 Å². The quantitative estimate of drug-likeness (QED) is 0.276. The zero-order valence-electron chi connectivity index (χ0n) is 20.1. The first kappa shape index (κ1) is 27.2. The Morgan fingerprint density at radius 3 is 2.06 bits per heavy atom. The van der Waals surface area contributed by atoms with E-state index >= 15 is 0 Å². The second-order valence-corrected chi connectivity index (χ2v) is 11.1. The zero-order valence-corrected chi connectivity index (χ0v) is 20.9. The molecule has 192 valence electrons. The molecule has 0 spiro atoms. The summed E-state index contributed by atoms with van der Waals surface area (Å²) in [5, 5.41) is 0. The van der Waals surface area contributed by atoms with E-state index in [9.17, 15) is 30.8 Å². The Bertz CT molecular complexity index is 1360. The maximum absolute atomic E-state index is 14.1. The van der Waals surface area contributed by atoms with Crippen molar-refractivity contribution in [2.24, 2.45) is 0 Å². The van der Waals surface area contributed by atoms with Gasteiger partial charge in [-0.25, -0.2) is 17.6 Å². The van der Waals surface area contributed by atoms with Gasteiger partial charge >= 0.3 is 12.1 Å². The number of carbonyl (C=O) groups is 1. The Morgan fingerprint density at radius 2 is 1.53 bits per heavy atom. The third kappa shape index (κ3) is 6.84. The zero-order chi connectivity index (χ0) is 26.9. The molecule has 0 bridgehead atoms. The highest BCUT2D eigenvalue weighted by molar-refractivity contribution is 7.92. The van der Waals surface area contributed by atoms with Crippen molar-refractivity contribution >= 4 is 21.7 Å². The van der Waals surface area contributed by atoms with Gasteiger partial charge in [0.25, 0.3) is 0 Å². The van der Waals surface area contributed by atoms with Gasteiger partial charge in [0.15, 0.2) is 0 Å². The molecular formula is C26H25F4NO4S. The van der Waals surface area contributed by atoms with Crippen LogP contribution in [0.2, 0.25) is 0 Å². The van der Waals surface area contributed by atoms with Crippen LogP contribution in [-0.2, 0) is 27.5 Å². The third-order valence-corrected chi connectivity index (χ3v) is 6.20. The van der Waals surface area contributed by atoms with Gasteiger partial charge < -0.3 is 4.74 Å². The molecule has 0 N–H and O–H groups in total. The normalized spacial score (nSPS) is 12.3. The van der Waals surface area contributed by atoms with Crippen LogP contribution in [0, 0.1) is 5.82 Å². The van der Waals surface area contributed by atoms with E-state index in [0.717, 1.165) is 22.7 Å². The van der Waals surface area contributed by atoms with Gasteiger partial charge in [0.05, 0.1) is 29.6 Å².